The molecule has 0 saturated heterocycles. The van der Waals surface area contributed by atoms with Gasteiger partial charge < -0.3 is 11.1 Å². The first-order valence-corrected chi connectivity index (χ1v) is 6.36. The minimum Gasteiger partial charge on any atom is -0.369 e. The van der Waals surface area contributed by atoms with E-state index in [4.69, 9.17) is 5.73 Å². The highest BCUT2D eigenvalue weighted by atomic mass is 32.1. The number of carbonyl (C=O) groups excluding carboxylic acids is 2. The zero-order valence-electron chi connectivity index (χ0n) is 9.82. The minimum atomic E-state index is -0.959. The lowest BCUT2D eigenvalue weighted by Crippen LogP contribution is -2.41. The summed E-state index contributed by atoms with van der Waals surface area (Å²) in [5, 5.41) is 5.66. The Kier molecular flexibility index (Phi) is 2.91. The minimum absolute atomic E-state index is 0.190. The van der Waals surface area contributed by atoms with Crippen LogP contribution in [-0.4, -0.2) is 16.8 Å². The van der Waals surface area contributed by atoms with Crippen LogP contribution in [0.25, 0.3) is 0 Å². The number of amides is 2. The molecule has 0 spiro atoms. The molecule has 1 atom stereocenters. The third-order valence-corrected chi connectivity index (χ3v) is 3.88. The van der Waals surface area contributed by atoms with Gasteiger partial charge in [-0.25, -0.2) is 4.98 Å². The maximum absolute atomic E-state index is 11.9. The molecular weight excluding hydrogens is 238 g/mol. The van der Waals surface area contributed by atoms with E-state index in [-0.39, 0.29) is 11.9 Å². The van der Waals surface area contributed by atoms with Gasteiger partial charge in [-0.15, -0.1) is 11.3 Å². The molecule has 1 aromatic heterocycles. The second kappa shape index (κ2) is 4.10. The van der Waals surface area contributed by atoms with Crippen molar-refractivity contribution in [3.8, 4) is 0 Å². The molecule has 0 radical (unpaired) electrons. The normalized spacial score (nSPS) is 18.5. The lowest BCUT2D eigenvalue weighted by atomic mass is 10.1. The third-order valence-electron chi connectivity index (χ3n) is 3.08. The van der Waals surface area contributed by atoms with Crippen LogP contribution >= 0.6 is 11.3 Å². The molecule has 1 saturated carbocycles. The van der Waals surface area contributed by atoms with Gasteiger partial charge in [-0.05, 0) is 26.7 Å². The number of thiazole rings is 1. The van der Waals surface area contributed by atoms with Gasteiger partial charge >= 0.3 is 0 Å². The van der Waals surface area contributed by atoms with Crippen molar-refractivity contribution in [2.45, 2.75) is 32.7 Å². The number of aromatic nitrogens is 1. The second-order valence-electron chi connectivity index (χ2n) is 4.43. The zero-order chi connectivity index (χ0) is 12.6. The van der Waals surface area contributed by atoms with Gasteiger partial charge in [0.1, 0.15) is 5.41 Å². The fraction of sp³-hybridized carbons (Fsp3) is 0.545. The Labute approximate surface area is 103 Å². The fourth-order valence-corrected chi connectivity index (χ4v) is 2.40. The molecule has 1 heterocycles. The SMILES string of the molecule is Cc1nc(C(C)NC(=O)C2(C(N)=O)CC2)cs1. The van der Waals surface area contributed by atoms with Gasteiger partial charge in [0, 0.05) is 5.38 Å². The zero-order valence-corrected chi connectivity index (χ0v) is 10.6. The maximum Gasteiger partial charge on any atom is 0.236 e. The number of rotatable bonds is 4. The average Bonchev–Trinajstić information content (AvgIpc) is 2.96. The van der Waals surface area contributed by atoms with Crippen molar-refractivity contribution in [1.29, 1.82) is 0 Å². The standard InChI is InChI=1S/C11H15N3O2S/c1-6(8-5-17-7(2)14-8)13-10(16)11(3-4-11)9(12)15/h5-6H,3-4H2,1-2H3,(H2,12,15)(H,13,16). The van der Waals surface area contributed by atoms with Gasteiger partial charge in [-0.1, -0.05) is 0 Å². The van der Waals surface area contributed by atoms with Crippen molar-refractivity contribution >= 4 is 23.2 Å². The van der Waals surface area contributed by atoms with Gasteiger partial charge in [0.05, 0.1) is 16.7 Å². The van der Waals surface area contributed by atoms with Gasteiger partial charge in [0.25, 0.3) is 0 Å². The lowest BCUT2D eigenvalue weighted by Gasteiger charge is -2.16. The van der Waals surface area contributed by atoms with Crippen LogP contribution in [0.5, 0.6) is 0 Å². The first-order chi connectivity index (χ1) is 7.95. The van der Waals surface area contributed by atoms with Gasteiger partial charge in [0.15, 0.2) is 0 Å². The summed E-state index contributed by atoms with van der Waals surface area (Å²) in [4.78, 5) is 27.4. The first kappa shape index (κ1) is 12.0. The number of primary amides is 1. The van der Waals surface area contributed by atoms with Crippen LogP contribution in [0.15, 0.2) is 5.38 Å². The van der Waals surface area contributed by atoms with E-state index in [1.165, 1.54) is 11.3 Å². The molecule has 1 aliphatic carbocycles. The summed E-state index contributed by atoms with van der Waals surface area (Å²) < 4.78 is 0. The van der Waals surface area contributed by atoms with E-state index >= 15 is 0 Å². The van der Waals surface area contributed by atoms with E-state index < -0.39 is 11.3 Å². The van der Waals surface area contributed by atoms with E-state index in [0.717, 1.165) is 10.7 Å². The lowest BCUT2D eigenvalue weighted by molar-refractivity contribution is -0.135. The molecule has 1 fully saturated rings. The second-order valence-corrected chi connectivity index (χ2v) is 5.50. The number of nitrogens with two attached hydrogens (primary N) is 1. The van der Waals surface area contributed by atoms with E-state index in [1.807, 2.05) is 19.2 Å². The van der Waals surface area contributed by atoms with Gasteiger partial charge in [-0.2, -0.15) is 0 Å². The molecule has 0 aliphatic heterocycles. The predicted octanol–water partition coefficient (Wildman–Crippen LogP) is 0.894. The maximum atomic E-state index is 11.9. The smallest absolute Gasteiger partial charge is 0.236 e. The molecular formula is C11H15N3O2S. The number of aryl methyl sites for hydroxylation is 1. The van der Waals surface area contributed by atoms with Crippen molar-refractivity contribution < 1.29 is 9.59 Å². The highest BCUT2D eigenvalue weighted by Gasteiger charge is 2.55. The fourth-order valence-electron chi connectivity index (χ4n) is 1.70. The predicted molar refractivity (Wildman–Crippen MR) is 64.3 cm³/mol. The Hall–Kier alpha value is -1.43. The van der Waals surface area contributed by atoms with E-state index in [2.05, 4.69) is 10.3 Å². The summed E-state index contributed by atoms with van der Waals surface area (Å²) >= 11 is 1.54. The van der Waals surface area contributed by atoms with Crippen molar-refractivity contribution in [3.63, 3.8) is 0 Å². The Morgan fingerprint density at radius 1 is 1.59 bits per heavy atom. The Balaban J connectivity index is 2.02. The molecule has 0 aromatic carbocycles. The van der Waals surface area contributed by atoms with Crippen LogP contribution in [0.1, 0.15) is 36.5 Å². The van der Waals surface area contributed by atoms with E-state index in [9.17, 15) is 9.59 Å². The van der Waals surface area contributed by atoms with E-state index in [1.54, 1.807) is 0 Å². The van der Waals surface area contributed by atoms with Crippen LogP contribution in [-0.2, 0) is 9.59 Å². The molecule has 17 heavy (non-hydrogen) atoms. The summed E-state index contributed by atoms with van der Waals surface area (Å²) in [6.45, 7) is 3.76. The molecule has 1 aromatic rings. The number of nitrogens with one attached hydrogen (secondary N) is 1. The average molecular weight is 253 g/mol. The van der Waals surface area contributed by atoms with Gasteiger partial charge in [-0.3, -0.25) is 9.59 Å². The Morgan fingerprint density at radius 3 is 2.65 bits per heavy atom. The highest BCUT2D eigenvalue weighted by Crippen LogP contribution is 2.45. The number of carbonyl (C=O) groups is 2. The molecule has 1 aliphatic rings. The Bertz CT molecular complexity index is 465. The van der Waals surface area contributed by atoms with Crippen molar-refractivity contribution in [2.75, 3.05) is 0 Å². The van der Waals surface area contributed by atoms with Crippen molar-refractivity contribution in [2.24, 2.45) is 11.1 Å². The summed E-state index contributed by atoms with van der Waals surface area (Å²) in [6, 6.07) is -0.190. The molecule has 5 nitrogen and oxygen atoms in total. The summed E-state index contributed by atoms with van der Waals surface area (Å²) in [6.07, 6.45) is 1.11. The number of nitrogens with zero attached hydrogens (tertiary/aromatic N) is 1. The van der Waals surface area contributed by atoms with E-state index in [0.29, 0.717) is 12.8 Å². The monoisotopic (exact) mass is 253 g/mol. The van der Waals surface area contributed by atoms with Crippen LogP contribution in [0.3, 0.4) is 0 Å². The number of hydrogen-bond donors (Lipinski definition) is 2. The van der Waals surface area contributed by atoms with Gasteiger partial charge in [0.2, 0.25) is 11.8 Å². The number of hydrogen-bond acceptors (Lipinski definition) is 4. The van der Waals surface area contributed by atoms with Crippen LogP contribution < -0.4 is 11.1 Å². The first-order valence-electron chi connectivity index (χ1n) is 5.48. The van der Waals surface area contributed by atoms with Crippen LogP contribution in [0.2, 0.25) is 0 Å². The molecule has 3 N–H and O–H groups in total. The van der Waals surface area contributed by atoms with Crippen LogP contribution in [0.4, 0.5) is 0 Å². The largest absolute Gasteiger partial charge is 0.369 e. The summed E-state index contributed by atoms with van der Waals surface area (Å²) in [5.74, 6) is -0.806. The van der Waals surface area contributed by atoms with Crippen molar-refractivity contribution in [3.05, 3.63) is 16.1 Å². The molecule has 6 heteroatoms. The molecule has 1 unspecified atom stereocenters. The molecule has 2 amide bonds. The summed E-state index contributed by atoms with van der Waals surface area (Å²) in [7, 11) is 0. The quantitative estimate of drug-likeness (QED) is 0.782. The summed E-state index contributed by atoms with van der Waals surface area (Å²) in [5.41, 5.74) is 5.10. The third kappa shape index (κ3) is 2.17. The topological polar surface area (TPSA) is 85.1 Å². The highest BCUT2D eigenvalue weighted by molar-refractivity contribution is 7.09. The molecule has 2 rings (SSSR count). The van der Waals surface area contributed by atoms with Crippen molar-refractivity contribution in [1.82, 2.24) is 10.3 Å². The Morgan fingerprint density at radius 2 is 2.24 bits per heavy atom. The van der Waals surface area contributed by atoms with Crippen LogP contribution in [0, 0.1) is 12.3 Å². The molecule has 92 valence electrons. The molecule has 0 bridgehead atoms.